The molecule has 25 heavy (non-hydrogen) atoms. The third kappa shape index (κ3) is 3.55. The topological polar surface area (TPSA) is 71.2 Å². The molecule has 3 rings (SSSR count). The van der Waals surface area contributed by atoms with Gasteiger partial charge in [-0.2, -0.15) is 0 Å². The minimum absolute atomic E-state index is 0.105. The summed E-state index contributed by atoms with van der Waals surface area (Å²) < 4.78 is 5.11. The van der Waals surface area contributed by atoms with Gasteiger partial charge in [0.2, 0.25) is 5.91 Å². The zero-order valence-corrected chi connectivity index (χ0v) is 14.5. The number of nitrogens with one attached hydrogen (secondary N) is 2. The molecule has 0 saturated heterocycles. The second-order valence-electron chi connectivity index (χ2n) is 6.04. The molecule has 0 unspecified atom stereocenters. The number of aromatic nitrogens is 1. The highest BCUT2D eigenvalue weighted by Crippen LogP contribution is 2.21. The number of anilines is 1. The van der Waals surface area contributed by atoms with Crippen LogP contribution in [0.1, 0.15) is 16.7 Å². The number of rotatable bonds is 4. The first kappa shape index (κ1) is 16.8. The Balaban J connectivity index is 1.78. The minimum Gasteiger partial charge on any atom is -0.497 e. The molecule has 1 aromatic heterocycles. The molecule has 1 amide bonds. The van der Waals surface area contributed by atoms with Crippen molar-refractivity contribution in [1.82, 2.24) is 4.98 Å². The molecule has 2 aromatic carbocycles. The second kappa shape index (κ2) is 6.81. The van der Waals surface area contributed by atoms with E-state index < -0.39 is 0 Å². The lowest BCUT2D eigenvalue weighted by molar-refractivity contribution is -0.115. The zero-order valence-electron chi connectivity index (χ0n) is 14.5. The predicted molar refractivity (Wildman–Crippen MR) is 99.4 cm³/mol. The normalized spacial score (nSPS) is 10.7. The van der Waals surface area contributed by atoms with Crippen molar-refractivity contribution >= 4 is 22.5 Å². The van der Waals surface area contributed by atoms with Crippen LogP contribution in [0.15, 0.2) is 47.3 Å². The molecule has 0 saturated carbocycles. The fraction of sp³-hybridized carbons (Fsp3) is 0.200. The Morgan fingerprint density at radius 3 is 2.48 bits per heavy atom. The quantitative estimate of drug-likeness (QED) is 0.767. The Kier molecular flexibility index (Phi) is 4.57. The van der Waals surface area contributed by atoms with Crippen molar-refractivity contribution in [2.24, 2.45) is 0 Å². The number of H-pyrrole nitrogens is 1. The van der Waals surface area contributed by atoms with Crippen molar-refractivity contribution in [1.29, 1.82) is 0 Å². The van der Waals surface area contributed by atoms with Gasteiger partial charge in [-0.1, -0.05) is 18.2 Å². The highest BCUT2D eigenvalue weighted by molar-refractivity contribution is 5.95. The summed E-state index contributed by atoms with van der Waals surface area (Å²) in [6.07, 6.45) is 0.269. The number of aromatic amines is 1. The molecule has 3 aromatic rings. The van der Waals surface area contributed by atoms with E-state index in [0.717, 1.165) is 27.8 Å². The average Bonchev–Trinajstić information content (AvgIpc) is 2.60. The predicted octanol–water partition coefficient (Wildman–Crippen LogP) is 3.33. The van der Waals surface area contributed by atoms with E-state index in [2.05, 4.69) is 10.3 Å². The van der Waals surface area contributed by atoms with Gasteiger partial charge in [-0.3, -0.25) is 9.59 Å². The largest absolute Gasteiger partial charge is 0.497 e. The van der Waals surface area contributed by atoms with Gasteiger partial charge >= 0.3 is 0 Å². The van der Waals surface area contributed by atoms with Crippen molar-refractivity contribution in [2.45, 2.75) is 20.3 Å². The van der Waals surface area contributed by atoms with Gasteiger partial charge < -0.3 is 15.0 Å². The van der Waals surface area contributed by atoms with Crippen LogP contribution in [0, 0.1) is 13.8 Å². The number of ether oxygens (including phenoxy) is 1. The van der Waals surface area contributed by atoms with Gasteiger partial charge in [0.05, 0.1) is 19.0 Å². The van der Waals surface area contributed by atoms with Gasteiger partial charge in [-0.05, 0) is 49.2 Å². The Labute approximate surface area is 145 Å². The summed E-state index contributed by atoms with van der Waals surface area (Å²) in [5.74, 6) is 0.643. The van der Waals surface area contributed by atoms with Crippen molar-refractivity contribution < 1.29 is 9.53 Å². The summed E-state index contributed by atoms with van der Waals surface area (Å²) in [6.45, 7) is 3.73. The molecule has 0 radical (unpaired) electrons. The third-order valence-electron chi connectivity index (χ3n) is 4.38. The zero-order chi connectivity index (χ0) is 18.0. The van der Waals surface area contributed by atoms with Crippen LogP contribution in [0.4, 0.5) is 5.69 Å². The van der Waals surface area contributed by atoms with E-state index in [1.54, 1.807) is 20.1 Å². The van der Waals surface area contributed by atoms with E-state index in [9.17, 15) is 9.59 Å². The van der Waals surface area contributed by atoms with E-state index in [0.29, 0.717) is 11.3 Å². The number of fused-ring (bicyclic) bond motifs is 1. The summed E-state index contributed by atoms with van der Waals surface area (Å²) >= 11 is 0. The van der Waals surface area contributed by atoms with Crippen LogP contribution in [0.25, 0.3) is 10.9 Å². The molecule has 0 aliphatic heterocycles. The van der Waals surface area contributed by atoms with Crippen LogP contribution in [-0.2, 0) is 11.2 Å². The number of amides is 1. The first-order valence-electron chi connectivity index (χ1n) is 8.04. The van der Waals surface area contributed by atoms with Crippen molar-refractivity contribution in [3.63, 3.8) is 0 Å². The van der Waals surface area contributed by atoms with E-state index in [-0.39, 0.29) is 17.9 Å². The first-order valence-corrected chi connectivity index (χ1v) is 8.04. The summed E-state index contributed by atoms with van der Waals surface area (Å²) in [7, 11) is 1.61. The van der Waals surface area contributed by atoms with Gasteiger partial charge in [-0.25, -0.2) is 0 Å². The lowest BCUT2D eigenvalue weighted by atomic mass is 10.1. The number of benzene rings is 2. The van der Waals surface area contributed by atoms with Gasteiger partial charge in [0.15, 0.2) is 0 Å². The number of hydrogen-bond donors (Lipinski definition) is 2. The Hall–Kier alpha value is -3.08. The number of aryl methyl sites for hydroxylation is 1. The molecular formula is C20H20N2O3. The highest BCUT2D eigenvalue weighted by atomic mass is 16.5. The summed E-state index contributed by atoms with van der Waals surface area (Å²) in [5.41, 5.74) is 3.84. The summed E-state index contributed by atoms with van der Waals surface area (Å²) in [6, 6.07) is 12.9. The van der Waals surface area contributed by atoms with Gasteiger partial charge in [-0.15, -0.1) is 0 Å². The SMILES string of the molecule is COc1ccc(CC(=O)Nc2ccc3c(C)c(C)c(=O)[nH]c3c2)cc1. The third-order valence-corrected chi connectivity index (χ3v) is 4.38. The number of carbonyl (C=O) groups excluding carboxylic acids is 1. The number of pyridine rings is 1. The van der Waals surface area contributed by atoms with Crippen molar-refractivity contribution in [3.8, 4) is 5.75 Å². The van der Waals surface area contributed by atoms with Crippen molar-refractivity contribution in [3.05, 3.63) is 69.5 Å². The lowest BCUT2D eigenvalue weighted by Gasteiger charge is -2.09. The molecule has 5 heteroatoms. The van der Waals surface area contributed by atoms with Crippen LogP contribution in [0.2, 0.25) is 0 Å². The Morgan fingerprint density at radius 2 is 1.80 bits per heavy atom. The van der Waals surface area contributed by atoms with Crippen molar-refractivity contribution in [2.75, 3.05) is 12.4 Å². The summed E-state index contributed by atoms with van der Waals surface area (Å²) in [4.78, 5) is 27.0. The molecule has 0 aliphatic carbocycles. The van der Waals surface area contributed by atoms with E-state index in [1.807, 2.05) is 43.3 Å². The van der Waals surface area contributed by atoms with E-state index in [1.165, 1.54) is 0 Å². The molecule has 0 atom stereocenters. The second-order valence-corrected chi connectivity index (χ2v) is 6.04. The van der Waals surface area contributed by atoms with Crippen LogP contribution in [-0.4, -0.2) is 18.0 Å². The van der Waals surface area contributed by atoms with Crippen LogP contribution >= 0.6 is 0 Å². The average molecular weight is 336 g/mol. The molecule has 1 heterocycles. The molecule has 0 fully saturated rings. The first-order chi connectivity index (χ1) is 12.0. The molecular weight excluding hydrogens is 316 g/mol. The minimum atomic E-state index is -0.115. The van der Waals surface area contributed by atoms with Crippen LogP contribution in [0.5, 0.6) is 5.75 Å². The van der Waals surface area contributed by atoms with Crippen LogP contribution in [0.3, 0.4) is 0 Å². The van der Waals surface area contributed by atoms with Gasteiger partial charge in [0.1, 0.15) is 5.75 Å². The monoisotopic (exact) mass is 336 g/mol. The lowest BCUT2D eigenvalue weighted by Crippen LogP contribution is -2.15. The maximum absolute atomic E-state index is 12.2. The fourth-order valence-corrected chi connectivity index (χ4v) is 2.77. The Morgan fingerprint density at radius 1 is 1.08 bits per heavy atom. The van der Waals surface area contributed by atoms with E-state index in [4.69, 9.17) is 4.74 Å². The standard InChI is InChI=1S/C20H20N2O3/c1-12-13(2)20(24)22-18-11-15(6-9-17(12)18)21-19(23)10-14-4-7-16(25-3)8-5-14/h4-9,11H,10H2,1-3H3,(H,21,23)(H,22,24). The highest BCUT2D eigenvalue weighted by Gasteiger charge is 2.08. The number of methoxy groups -OCH3 is 1. The van der Waals surface area contributed by atoms with E-state index >= 15 is 0 Å². The van der Waals surface area contributed by atoms with Crippen LogP contribution < -0.4 is 15.6 Å². The summed E-state index contributed by atoms with van der Waals surface area (Å²) in [5, 5.41) is 3.85. The molecule has 0 aliphatic rings. The molecule has 0 bridgehead atoms. The fourth-order valence-electron chi connectivity index (χ4n) is 2.77. The maximum atomic E-state index is 12.2. The maximum Gasteiger partial charge on any atom is 0.251 e. The van der Waals surface area contributed by atoms with Gasteiger partial charge in [0.25, 0.3) is 5.56 Å². The Bertz CT molecular complexity index is 988. The molecule has 2 N–H and O–H groups in total. The molecule has 0 spiro atoms. The molecule has 5 nitrogen and oxygen atoms in total. The smallest absolute Gasteiger partial charge is 0.251 e. The number of carbonyl (C=O) groups is 1. The molecule has 128 valence electrons. The number of hydrogen-bond acceptors (Lipinski definition) is 3. The van der Waals surface area contributed by atoms with Gasteiger partial charge in [0, 0.05) is 16.6 Å².